The van der Waals surface area contributed by atoms with Crippen molar-refractivity contribution in [2.75, 3.05) is 31.1 Å². The molecule has 11 heteroatoms. The van der Waals surface area contributed by atoms with Crippen molar-refractivity contribution in [2.45, 2.75) is 33.4 Å². The molecule has 3 aromatic rings. The first-order chi connectivity index (χ1) is 16.0. The number of hydrogen-bond donors (Lipinski definition) is 2. The number of aryl methyl sites for hydroxylation is 1. The zero-order valence-electron chi connectivity index (χ0n) is 19.1. The van der Waals surface area contributed by atoms with Crippen molar-refractivity contribution < 1.29 is 9.90 Å². The third kappa shape index (κ3) is 4.44. The fourth-order valence-corrected chi connectivity index (χ4v) is 4.16. The first-order valence-corrected chi connectivity index (χ1v) is 10.9. The number of carboxylic acids is 1. The van der Waals surface area contributed by atoms with Crippen LogP contribution in [0.2, 0.25) is 0 Å². The number of imidazole rings is 1. The maximum absolute atomic E-state index is 13.8. The molecule has 0 saturated carbocycles. The Morgan fingerprint density at radius 1 is 1.18 bits per heavy atom. The van der Waals surface area contributed by atoms with Crippen LogP contribution < -0.4 is 21.5 Å². The highest BCUT2D eigenvalue weighted by Crippen LogP contribution is 2.21. The van der Waals surface area contributed by atoms with Crippen molar-refractivity contribution in [3.8, 4) is 17.5 Å². The van der Waals surface area contributed by atoms with Gasteiger partial charge in [-0.2, -0.15) is 4.98 Å². The molecular formula is C23H27ClN6O4. The van der Waals surface area contributed by atoms with Gasteiger partial charge in [0.2, 0.25) is 5.95 Å². The van der Waals surface area contributed by atoms with Crippen molar-refractivity contribution in [3.05, 3.63) is 50.7 Å². The van der Waals surface area contributed by atoms with Gasteiger partial charge in [-0.3, -0.25) is 18.7 Å². The van der Waals surface area contributed by atoms with Crippen LogP contribution in [0.15, 0.2) is 33.9 Å². The summed E-state index contributed by atoms with van der Waals surface area (Å²) in [7, 11) is 0. The molecule has 0 radical (unpaired) electrons. The molecule has 1 fully saturated rings. The summed E-state index contributed by atoms with van der Waals surface area (Å²) in [5, 5.41) is 12.8. The van der Waals surface area contributed by atoms with Gasteiger partial charge in [-0.25, -0.2) is 9.36 Å². The summed E-state index contributed by atoms with van der Waals surface area (Å²) in [5.74, 6) is 5.14. The number of fused-ring (bicyclic) bond motifs is 1. The van der Waals surface area contributed by atoms with Gasteiger partial charge in [0.25, 0.3) is 5.56 Å². The number of piperazine rings is 1. The van der Waals surface area contributed by atoms with Crippen LogP contribution in [0.3, 0.4) is 0 Å². The quantitative estimate of drug-likeness (QED) is 0.496. The number of aromatic nitrogens is 4. The fraction of sp³-hybridized carbons (Fsp3) is 0.391. The lowest BCUT2D eigenvalue weighted by atomic mass is 10.1. The third-order valence-corrected chi connectivity index (χ3v) is 5.73. The Hall–Kier alpha value is -3.55. The number of rotatable bonds is 6. The van der Waals surface area contributed by atoms with Crippen molar-refractivity contribution >= 4 is 35.5 Å². The normalized spacial score (nSPS) is 13.3. The van der Waals surface area contributed by atoms with Crippen LogP contribution in [0.5, 0.6) is 0 Å². The summed E-state index contributed by atoms with van der Waals surface area (Å²) < 4.78 is 3.82. The summed E-state index contributed by atoms with van der Waals surface area (Å²) in [6, 6.07) is 7.13. The minimum atomic E-state index is -1.20. The van der Waals surface area contributed by atoms with Gasteiger partial charge >= 0.3 is 11.7 Å². The fourth-order valence-electron chi connectivity index (χ4n) is 4.16. The van der Waals surface area contributed by atoms with Crippen LogP contribution in [-0.4, -0.2) is 55.9 Å². The molecule has 2 N–H and O–H groups in total. The summed E-state index contributed by atoms with van der Waals surface area (Å²) in [6.07, 6.45) is 0.603. The van der Waals surface area contributed by atoms with Crippen molar-refractivity contribution in [2.24, 2.45) is 0 Å². The predicted octanol–water partition coefficient (Wildman–Crippen LogP) is 0.851. The summed E-state index contributed by atoms with van der Waals surface area (Å²) in [5.41, 5.74) is 0.203. The highest BCUT2D eigenvalue weighted by Gasteiger charge is 2.26. The maximum Gasteiger partial charge on any atom is 0.337 e. The van der Waals surface area contributed by atoms with Crippen LogP contribution in [0.4, 0.5) is 5.95 Å². The topological polar surface area (TPSA) is 114 Å². The number of aliphatic carboxylic acids is 1. The molecule has 0 bridgehead atoms. The summed E-state index contributed by atoms with van der Waals surface area (Å²) >= 11 is 0. The van der Waals surface area contributed by atoms with Crippen LogP contribution in [0.1, 0.15) is 19.4 Å². The molecule has 0 unspecified atom stereocenters. The van der Waals surface area contributed by atoms with Crippen LogP contribution >= 0.6 is 12.4 Å². The number of halogens is 1. The molecule has 0 atom stereocenters. The van der Waals surface area contributed by atoms with Gasteiger partial charge in [0.15, 0.2) is 11.2 Å². The molecular weight excluding hydrogens is 460 g/mol. The number of nitrogens with one attached hydrogen (secondary N) is 1. The van der Waals surface area contributed by atoms with Crippen LogP contribution in [-0.2, 0) is 24.3 Å². The van der Waals surface area contributed by atoms with E-state index < -0.39 is 23.8 Å². The molecule has 1 aliphatic heterocycles. The SMILES string of the molecule is CC#CCn1c(N2CCNCC2)nc2c1c(=O)n(-c1ccccc1CC)c(=O)n2CC(=O)O.Cl. The van der Waals surface area contributed by atoms with E-state index in [2.05, 4.69) is 22.1 Å². The number of anilines is 1. The molecule has 1 saturated heterocycles. The monoisotopic (exact) mass is 486 g/mol. The predicted molar refractivity (Wildman–Crippen MR) is 132 cm³/mol. The number of benzene rings is 1. The largest absolute Gasteiger partial charge is 0.480 e. The highest BCUT2D eigenvalue weighted by molar-refractivity contribution is 5.85. The Morgan fingerprint density at radius 3 is 2.53 bits per heavy atom. The van der Waals surface area contributed by atoms with E-state index in [0.29, 0.717) is 31.1 Å². The lowest BCUT2D eigenvalue weighted by Gasteiger charge is -2.28. The maximum atomic E-state index is 13.8. The van der Waals surface area contributed by atoms with E-state index in [1.165, 1.54) is 0 Å². The molecule has 10 nitrogen and oxygen atoms in total. The molecule has 4 rings (SSSR count). The van der Waals surface area contributed by atoms with Crippen molar-refractivity contribution in [3.63, 3.8) is 0 Å². The Morgan fingerprint density at radius 2 is 1.88 bits per heavy atom. The lowest BCUT2D eigenvalue weighted by molar-refractivity contribution is -0.137. The second-order valence-corrected chi connectivity index (χ2v) is 7.72. The molecule has 0 amide bonds. The Labute approximate surface area is 202 Å². The van der Waals surface area contributed by atoms with Gasteiger partial charge in [-0.05, 0) is 25.0 Å². The second kappa shape index (κ2) is 10.6. The number of hydrogen-bond acceptors (Lipinski definition) is 6. The number of nitrogens with zero attached hydrogens (tertiary/aromatic N) is 5. The minimum Gasteiger partial charge on any atom is -0.480 e. The van der Waals surface area contributed by atoms with E-state index in [0.717, 1.165) is 27.8 Å². The van der Waals surface area contributed by atoms with E-state index in [9.17, 15) is 19.5 Å². The Kier molecular flexibility index (Phi) is 7.81. The van der Waals surface area contributed by atoms with Gasteiger partial charge in [0, 0.05) is 26.2 Å². The second-order valence-electron chi connectivity index (χ2n) is 7.72. The summed E-state index contributed by atoms with van der Waals surface area (Å²) in [4.78, 5) is 45.6. The average molecular weight is 487 g/mol. The van der Waals surface area contributed by atoms with Crippen molar-refractivity contribution in [1.29, 1.82) is 0 Å². The molecule has 2 aromatic heterocycles. The van der Waals surface area contributed by atoms with Gasteiger partial charge in [0.05, 0.1) is 12.2 Å². The molecule has 1 aliphatic rings. The number of carboxylic acid groups (broad SMARTS) is 1. The first kappa shape index (κ1) is 25.1. The molecule has 3 heterocycles. The zero-order valence-corrected chi connectivity index (χ0v) is 19.9. The zero-order chi connectivity index (χ0) is 23.5. The lowest BCUT2D eigenvalue weighted by Crippen LogP contribution is -2.44. The van der Waals surface area contributed by atoms with Gasteiger partial charge < -0.3 is 15.3 Å². The Bertz CT molecular complexity index is 1390. The molecule has 1 aromatic carbocycles. The molecule has 34 heavy (non-hydrogen) atoms. The van der Waals surface area contributed by atoms with E-state index in [1.807, 2.05) is 24.0 Å². The third-order valence-electron chi connectivity index (χ3n) is 5.73. The van der Waals surface area contributed by atoms with Gasteiger partial charge in [-0.1, -0.05) is 31.0 Å². The van der Waals surface area contributed by atoms with Gasteiger partial charge in [-0.15, -0.1) is 18.3 Å². The van der Waals surface area contributed by atoms with E-state index in [-0.39, 0.29) is 30.1 Å². The molecule has 0 aliphatic carbocycles. The average Bonchev–Trinajstić information content (AvgIpc) is 3.21. The smallest absolute Gasteiger partial charge is 0.337 e. The summed E-state index contributed by atoms with van der Waals surface area (Å²) in [6.45, 7) is 6.06. The highest BCUT2D eigenvalue weighted by atomic mass is 35.5. The first-order valence-electron chi connectivity index (χ1n) is 10.9. The standard InChI is InChI=1S/C23H26N6O4.ClH/c1-3-5-12-27-19-20(25-22(27)26-13-10-24-11-14-26)28(15-18(30)31)23(33)29(21(19)32)17-9-7-6-8-16(17)4-2;/h6-9,24H,4,10-15H2,1-2H3,(H,30,31);1H. The van der Waals surface area contributed by atoms with Crippen LogP contribution in [0, 0.1) is 11.8 Å². The Balaban J connectivity index is 0.00000324. The van der Waals surface area contributed by atoms with Crippen molar-refractivity contribution in [1.82, 2.24) is 24.0 Å². The number of carbonyl (C=O) groups is 1. The van der Waals surface area contributed by atoms with E-state index in [1.54, 1.807) is 23.6 Å². The molecule has 0 spiro atoms. The number of para-hydroxylation sites is 1. The van der Waals surface area contributed by atoms with Gasteiger partial charge in [0.1, 0.15) is 6.54 Å². The van der Waals surface area contributed by atoms with Crippen LogP contribution in [0.25, 0.3) is 16.9 Å². The molecule has 180 valence electrons. The van der Waals surface area contributed by atoms with E-state index >= 15 is 0 Å². The minimum absolute atomic E-state index is 0. The van der Waals surface area contributed by atoms with E-state index in [4.69, 9.17) is 0 Å².